The van der Waals surface area contributed by atoms with Crippen LogP contribution in [0.25, 0.3) is 0 Å². The lowest BCUT2D eigenvalue weighted by Crippen LogP contribution is -2.57. The predicted octanol–water partition coefficient (Wildman–Crippen LogP) is 4.28. The van der Waals surface area contributed by atoms with Gasteiger partial charge in [0.25, 0.3) is 0 Å². The van der Waals surface area contributed by atoms with E-state index in [0.29, 0.717) is 18.3 Å². The summed E-state index contributed by atoms with van der Waals surface area (Å²) < 4.78 is 6.12. The molecule has 0 bridgehead atoms. The summed E-state index contributed by atoms with van der Waals surface area (Å²) in [5.74, 6) is 0.879. The van der Waals surface area contributed by atoms with Gasteiger partial charge in [-0.3, -0.25) is 0 Å². The van der Waals surface area contributed by atoms with Crippen molar-refractivity contribution in [1.82, 2.24) is 0 Å². The maximum atomic E-state index is 9.62. The first-order valence-corrected chi connectivity index (χ1v) is 11.0. The van der Waals surface area contributed by atoms with Gasteiger partial charge in [-0.1, -0.05) is 38.1 Å². The molecule has 4 heteroatoms. The summed E-state index contributed by atoms with van der Waals surface area (Å²) in [6.45, 7) is 8.61. The minimum atomic E-state index is -0.337. The van der Waals surface area contributed by atoms with Crippen molar-refractivity contribution in [3.63, 3.8) is 0 Å². The van der Waals surface area contributed by atoms with E-state index < -0.39 is 0 Å². The highest BCUT2D eigenvalue weighted by molar-refractivity contribution is 7.81. The molecule has 3 radical (unpaired) electrons. The van der Waals surface area contributed by atoms with Crippen LogP contribution in [0, 0.1) is 11.8 Å². The fourth-order valence-corrected chi connectivity index (χ4v) is 7.26. The maximum Gasteiger partial charge on any atom is 0.0662 e. The highest BCUT2D eigenvalue weighted by atomic mass is 32.1. The van der Waals surface area contributed by atoms with Crippen LogP contribution in [0.1, 0.15) is 64.5 Å². The number of hydrogen-bond acceptors (Lipinski definition) is 3. The van der Waals surface area contributed by atoms with Crippen LogP contribution in [0.4, 0.5) is 0 Å². The summed E-state index contributed by atoms with van der Waals surface area (Å²) in [5.41, 5.74) is 3.21. The van der Waals surface area contributed by atoms with E-state index in [2.05, 4.69) is 48.4 Å². The lowest BCUT2D eigenvalue weighted by molar-refractivity contribution is -0.0428. The Hall–Kier alpha value is -0.293. The van der Waals surface area contributed by atoms with Gasteiger partial charge in [-0.25, -0.2) is 0 Å². The highest BCUT2D eigenvalue weighted by Gasteiger charge is 2.55. The van der Waals surface area contributed by atoms with Gasteiger partial charge in [0.15, 0.2) is 0 Å². The van der Waals surface area contributed by atoms with E-state index in [1.165, 1.54) is 24.0 Å². The second-order valence-corrected chi connectivity index (χ2v) is 10.5. The molecule has 1 N–H and O–H groups in total. The van der Waals surface area contributed by atoms with Crippen molar-refractivity contribution in [2.75, 3.05) is 0 Å². The summed E-state index contributed by atoms with van der Waals surface area (Å²) in [6, 6.07) is 8.98. The first-order chi connectivity index (χ1) is 12.2. The van der Waals surface area contributed by atoms with Crippen LogP contribution < -0.4 is 0 Å². The predicted molar refractivity (Wildman–Crippen MR) is 112 cm³/mol. The zero-order valence-corrected chi connectivity index (χ0v) is 18.4. The van der Waals surface area contributed by atoms with Gasteiger partial charge in [0.1, 0.15) is 0 Å². The lowest BCUT2D eigenvalue weighted by Gasteiger charge is -2.58. The number of hydrogen-bond donors (Lipinski definition) is 2. The van der Waals surface area contributed by atoms with Crippen LogP contribution in [-0.4, -0.2) is 38.0 Å². The molecule has 143 valence electrons. The molecule has 0 spiro atoms. The van der Waals surface area contributed by atoms with Crippen molar-refractivity contribution >= 4 is 22.9 Å². The van der Waals surface area contributed by atoms with Crippen molar-refractivity contribution in [2.24, 2.45) is 11.8 Å². The first kappa shape index (κ1) is 20.4. The van der Waals surface area contributed by atoms with Crippen LogP contribution in [0.3, 0.4) is 0 Å². The number of aliphatic hydroxyl groups is 1. The summed E-state index contributed by atoms with van der Waals surface area (Å²) in [5, 5.41) is 9.62. The second kappa shape index (κ2) is 7.61. The van der Waals surface area contributed by atoms with Crippen LogP contribution in [-0.2, 0) is 16.6 Å². The molecule has 2 aliphatic carbocycles. The molecule has 0 saturated heterocycles. The van der Waals surface area contributed by atoms with E-state index >= 15 is 0 Å². The summed E-state index contributed by atoms with van der Waals surface area (Å²) in [7, 11) is 3.88. The Labute approximate surface area is 167 Å². The molecule has 1 aromatic rings. The monoisotopic (exact) mass is 389 g/mol. The number of aliphatic hydroxyl groups excluding tert-OH is 1. The molecule has 1 aromatic carbocycles. The Morgan fingerprint density at radius 3 is 2.65 bits per heavy atom. The average molecular weight is 390 g/mol. The number of thiol groups is 1. The van der Waals surface area contributed by atoms with Crippen molar-refractivity contribution in [3.05, 3.63) is 35.4 Å². The van der Waals surface area contributed by atoms with Gasteiger partial charge in [0.2, 0.25) is 0 Å². The minimum Gasteiger partial charge on any atom is -0.393 e. The Bertz CT molecular complexity index is 632. The molecule has 2 aliphatic rings. The topological polar surface area (TPSA) is 29.5 Å². The molecular formula is C22H33O2SSi. The SMILES string of the molecule is C[C@@H](O)C[C@H](C)O[C@H]([Si])[C@@H]1CC[C@@]2(C)c3ccccc3CC[C@@H]2[C@]1(C)S. The number of benzene rings is 1. The van der Waals surface area contributed by atoms with E-state index in [-0.39, 0.29) is 28.1 Å². The smallest absolute Gasteiger partial charge is 0.0662 e. The van der Waals surface area contributed by atoms with Crippen molar-refractivity contribution in [2.45, 2.75) is 87.9 Å². The van der Waals surface area contributed by atoms with E-state index in [4.69, 9.17) is 17.4 Å². The number of aryl methyl sites for hydroxylation is 1. The quantitative estimate of drug-likeness (QED) is 0.581. The third-order valence-electron chi connectivity index (χ3n) is 6.95. The van der Waals surface area contributed by atoms with Gasteiger partial charge in [-0.2, -0.15) is 12.6 Å². The maximum absolute atomic E-state index is 9.62. The Balaban J connectivity index is 1.81. The fraction of sp³-hybridized carbons (Fsp3) is 0.727. The number of fused-ring (bicyclic) bond motifs is 3. The van der Waals surface area contributed by atoms with Crippen LogP contribution >= 0.6 is 12.6 Å². The summed E-state index contributed by atoms with van der Waals surface area (Å²) >= 11 is 5.25. The minimum absolute atomic E-state index is 0.0297. The lowest BCUT2D eigenvalue weighted by atomic mass is 9.52. The Kier molecular flexibility index (Phi) is 5.99. The Morgan fingerprint density at radius 2 is 1.96 bits per heavy atom. The van der Waals surface area contributed by atoms with Gasteiger partial charge in [0.05, 0.1) is 22.5 Å². The summed E-state index contributed by atoms with van der Waals surface area (Å²) in [6.07, 6.45) is 4.95. The average Bonchev–Trinajstić information content (AvgIpc) is 2.53. The number of rotatable bonds is 5. The molecule has 0 unspecified atom stereocenters. The van der Waals surface area contributed by atoms with Crippen molar-refractivity contribution in [3.8, 4) is 0 Å². The normalized spacial score (nSPS) is 37.3. The standard InChI is InChI=1S/C22H33O2SSi/c1-14(23)13-15(2)24-20(26)18-11-12-21(3)17-8-6-5-7-16(17)9-10-19(21)22(18,4)25/h5-8,14-15,18-20,23,25H,9-13H2,1-4H3/t14-,15+,18+,19+,20-,21+,22-/m1/s1. The van der Waals surface area contributed by atoms with E-state index in [1.807, 2.05) is 13.8 Å². The largest absolute Gasteiger partial charge is 0.393 e. The third kappa shape index (κ3) is 3.67. The molecule has 7 atom stereocenters. The van der Waals surface area contributed by atoms with Gasteiger partial charge in [0, 0.05) is 10.5 Å². The van der Waals surface area contributed by atoms with Crippen molar-refractivity contribution < 1.29 is 9.84 Å². The molecule has 3 rings (SSSR count). The zero-order chi connectivity index (χ0) is 19.1. The third-order valence-corrected chi connectivity index (χ3v) is 8.13. The molecular weight excluding hydrogens is 356 g/mol. The number of ether oxygens (including phenoxy) is 1. The first-order valence-electron chi connectivity index (χ1n) is 10.0. The molecule has 1 saturated carbocycles. The van der Waals surface area contributed by atoms with Crippen molar-refractivity contribution in [1.29, 1.82) is 0 Å². The molecule has 0 amide bonds. The molecule has 1 fully saturated rings. The Morgan fingerprint density at radius 1 is 1.27 bits per heavy atom. The zero-order valence-electron chi connectivity index (χ0n) is 16.5. The highest BCUT2D eigenvalue weighted by Crippen LogP contribution is 2.58. The summed E-state index contributed by atoms with van der Waals surface area (Å²) in [4.78, 5) is 0. The van der Waals surface area contributed by atoms with Crippen LogP contribution in [0.5, 0.6) is 0 Å². The van der Waals surface area contributed by atoms with E-state index in [1.54, 1.807) is 0 Å². The van der Waals surface area contributed by atoms with Crippen LogP contribution in [0.15, 0.2) is 24.3 Å². The van der Waals surface area contributed by atoms with Gasteiger partial charge in [-0.15, -0.1) is 0 Å². The van der Waals surface area contributed by atoms with E-state index in [0.717, 1.165) is 12.8 Å². The fourth-order valence-electron chi connectivity index (χ4n) is 5.69. The molecule has 2 nitrogen and oxygen atoms in total. The van der Waals surface area contributed by atoms with Gasteiger partial charge in [-0.05, 0) is 74.3 Å². The second-order valence-electron chi connectivity index (χ2n) is 8.99. The van der Waals surface area contributed by atoms with Gasteiger partial charge >= 0.3 is 0 Å². The molecule has 0 aliphatic heterocycles. The van der Waals surface area contributed by atoms with Crippen LogP contribution in [0.2, 0.25) is 0 Å². The van der Waals surface area contributed by atoms with Gasteiger partial charge < -0.3 is 9.84 Å². The molecule has 0 heterocycles. The molecule has 0 aromatic heterocycles. The molecule has 26 heavy (non-hydrogen) atoms. The van der Waals surface area contributed by atoms with E-state index in [9.17, 15) is 5.11 Å².